The monoisotopic (exact) mass is 376 g/mol. The zero-order valence-corrected chi connectivity index (χ0v) is 19.0. The maximum atomic E-state index is 12.7. The van der Waals surface area contributed by atoms with Gasteiger partial charge in [0, 0.05) is 28.0 Å². The minimum atomic E-state index is -0.497. The van der Waals surface area contributed by atoms with Crippen LogP contribution in [-0.2, 0) is 9.53 Å². The molecule has 2 aliphatic rings. The smallest absolute Gasteiger partial charge is 0.311 e. The van der Waals surface area contributed by atoms with E-state index in [9.17, 15) is 4.79 Å². The number of allylic oxidation sites excluding steroid dienone is 1. The molecule has 0 aromatic heterocycles. The summed E-state index contributed by atoms with van der Waals surface area (Å²) in [4.78, 5) is 12.7. The second kappa shape index (κ2) is 7.60. The molecular weight excluding hydrogens is 336 g/mol. The number of carbonyl (C=O) groups excluding carboxylic acids is 1. The summed E-state index contributed by atoms with van der Waals surface area (Å²) in [6, 6.07) is 0. The van der Waals surface area contributed by atoms with Crippen LogP contribution in [-0.4, -0.2) is 17.8 Å². The van der Waals surface area contributed by atoms with Crippen molar-refractivity contribution in [2.24, 2.45) is 27.3 Å². The molecule has 1 N–H and O–H groups in total. The van der Waals surface area contributed by atoms with Gasteiger partial charge < -0.3 is 4.74 Å². The number of nitrogens with one attached hydrogen (secondary N) is 1. The lowest BCUT2D eigenvalue weighted by Gasteiger charge is -2.42. The predicted octanol–water partition coefficient (Wildman–Crippen LogP) is 5.83. The lowest BCUT2D eigenvalue weighted by atomic mass is 9.70. The molecule has 4 nitrogen and oxygen atoms in total. The Hall–Kier alpha value is -1.32. The molecule has 4 heteroatoms. The normalized spacial score (nSPS) is 25.0. The summed E-state index contributed by atoms with van der Waals surface area (Å²) >= 11 is 0. The molecule has 0 radical (unpaired) electrons. The second-order valence-electron chi connectivity index (χ2n) is 11.3. The minimum absolute atomic E-state index is 0.0237. The minimum Gasteiger partial charge on any atom is -0.457 e. The number of hydrogen-bond donors (Lipinski definition) is 1. The summed E-state index contributed by atoms with van der Waals surface area (Å²) in [5.74, 6) is 0.131. The van der Waals surface area contributed by atoms with Crippen molar-refractivity contribution in [3.8, 4) is 0 Å². The number of nitrogens with zero attached hydrogens (tertiary/aromatic N) is 1. The molecule has 1 fully saturated rings. The van der Waals surface area contributed by atoms with Crippen LogP contribution in [0.3, 0.4) is 0 Å². The number of ether oxygens (including phenoxy) is 1. The molecule has 27 heavy (non-hydrogen) atoms. The van der Waals surface area contributed by atoms with Gasteiger partial charge in [-0.15, -0.1) is 0 Å². The highest BCUT2D eigenvalue weighted by molar-refractivity contribution is 5.94. The Balaban J connectivity index is 2.55. The van der Waals surface area contributed by atoms with Gasteiger partial charge in [0.05, 0.1) is 11.1 Å². The van der Waals surface area contributed by atoms with Crippen molar-refractivity contribution in [3.63, 3.8) is 0 Å². The molecule has 1 aliphatic carbocycles. The van der Waals surface area contributed by atoms with Crippen LogP contribution in [0.25, 0.3) is 0 Å². The molecule has 2 unspecified atom stereocenters. The Morgan fingerprint density at radius 2 is 1.52 bits per heavy atom. The maximum Gasteiger partial charge on any atom is 0.311 e. The molecular formula is C23H40N2O2. The summed E-state index contributed by atoms with van der Waals surface area (Å²) < 4.78 is 6.16. The third-order valence-corrected chi connectivity index (χ3v) is 5.47. The Kier molecular flexibility index (Phi) is 6.18. The van der Waals surface area contributed by atoms with E-state index in [-0.39, 0.29) is 28.8 Å². The standard InChI is InChI=1S/C23H40N2O2/c1-21(2,3)18-15-13-11-10-12-14-16(27-20(26)23(7,8)9)17(15)19(25-24-18)22(4,5)6/h15-16,25H,10-14H2,1-9H3. The Morgan fingerprint density at radius 3 is 2.04 bits per heavy atom. The number of fused-ring (bicyclic) bond motifs is 1. The molecule has 2 atom stereocenters. The first-order valence-electron chi connectivity index (χ1n) is 10.5. The fourth-order valence-corrected chi connectivity index (χ4v) is 3.99. The third-order valence-electron chi connectivity index (χ3n) is 5.47. The molecule has 0 saturated heterocycles. The SMILES string of the molecule is CC(C)(C)C(=O)OC1CCCCCC2C(C(C)(C)C)=NNC(C(C)(C)C)=C12. The van der Waals surface area contributed by atoms with Gasteiger partial charge in [0.2, 0.25) is 0 Å². The highest BCUT2D eigenvalue weighted by Crippen LogP contribution is 2.43. The van der Waals surface area contributed by atoms with Crippen LogP contribution in [0.5, 0.6) is 0 Å². The van der Waals surface area contributed by atoms with Crippen molar-refractivity contribution in [3.05, 3.63) is 11.3 Å². The van der Waals surface area contributed by atoms with Crippen LogP contribution in [0.1, 0.15) is 94.4 Å². The van der Waals surface area contributed by atoms with Crippen molar-refractivity contribution in [1.82, 2.24) is 5.43 Å². The Labute approximate surface area is 166 Å². The quantitative estimate of drug-likeness (QED) is 0.586. The molecule has 1 aliphatic heterocycles. The van der Waals surface area contributed by atoms with Gasteiger partial charge in [0.1, 0.15) is 6.10 Å². The molecule has 0 aromatic carbocycles. The van der Waals surface area contributed by atoms with Gasteiger partial charge in [0.25, 0.3) is 0 Å². The predicted molar refractivity (Wildman–Crippen MR) is 112 cm³/mol. The molecule has 0 bridgehead atoms. The van der Waals surface area contributed by atoms with Crippen molar-refractivity contribution >= 4 is 11.7 Å². The van der Waals surface area contributed by atoms with Crippen LogP contribution >= 0.6 is 0 Å². The van der Waals surface area contributed by atoms with Crippen LogP contribution in [0.2, 0.25) is 0 Å². The van der Waals surface area contributed by atoms with Crippen LogP contribution in [0.15, 0.2) is 16.4 Å². The summed E-state index contributed by atoms with van der Waals surface area (Å²) in [6.07, 6.45) is 5.28. The van der Waals surface area contributed by atoms with Crippen LogP contribution in [0.4, 0.5) is 0 Å². The van der Waals surface area contributed by atoms with Gasteiger partial charge in [-0.05, 0) is 40.0 Å². The first kappa shape index (κ1) is 22.0. The van der Waals surface area contributed by atoms with Gasteiger partial charge in [-0.25, -0.2) is 0 Å². The number of esters is 1. The molecule has 2 rings (SSSR count). The van der Waals surface area contributed by atoms with Gasteiger partial charge in [-0.3, -0.25) is 10.2 Å². The molecule has 0 amide bonds. The maximum absolute atomic E-state index is 12.7. The van der Waals surface area contributed by atoms with E-state index >= 15 is 0 Å². The fourth-order valence-electron chi connectivity index (χ4n) is 3.99. The van der Waals surface area contributed by atoms with Crippen LogP contribution < -0.4 is 5.43 Å². The van der Waals surface area contributed by atoms with Crippen LogP contribution in [0, 0.1) is 22.2 Å². The van der Waals surface area contributed by atoms with Crippen molar-refractivity contribution in [1.29, 1.82) is 0 Å². The van der Waals surface area contributed by atoms with Crippen molar-refractivity contribution < 1.29 is 9.53 Å². The highest BCUT2D eigenvalue weighted by atomic mass is 16.5. The van der Waals surface area contributed by atoms with Gasteiger partial charge in [-0.2, -0.15) is 5.10 Å². The first-order chi connectivity index (χ1) is 12.2. The van der Waals surface area contributed by atoms with Gasteiger partial charge in [-0.1, -0.05) is 54.4 Å². The molecule has 1 saturated carbocycles. The van der Waals surface area contributed by atoms with E-state index in [0.29, 0.717) is 0 Å². The van der Waals surface area contributed by atoms with E-state index in [1.54, 1.807) is 0 Å². The van der Waals surface area contributed by atoms with Crippen molar-refractivity contribution in [2.45, 2.75) is 101 Å². The number of carbonyl (C=O) groups is 1. The number of hydrogen-bond acceptors (Lipinski definition) is 4. The Bertz CT molecular complexity index is 624. The van der Waals surface area contributed by atoms with E-state index in [2.05, 4.69) is 47.0 Å². The summed E-state index contributed by atoms with van der Waals surface area (Å²) in [6.45, 7) is 19.1. The lowest BCUT2D eigenvalue weighted by molar-refractivity contribution is -0.157. The molecule has 0 spiro atoms. The van der Waals surface area contributed by atoms with E-state index in [1.807, 2.05) is 20.8 Å². The topological polar surface area (TPSA) is 50.7 Å². The average Bonchev–Trinajstić information content (AvgIpc) is 2.47. The third kappa shape index (κ3) is 5.14. The van der Waals surface area contributed by atoms with E-state index < -0.39 is 5.41 Å². The number of hydrazone groups is 1. The fraction of sp³-hybridized carbons (Fsp3) is 0.826. The first-order valence-corrected chi connectivity index (χ1v) is 10.5. The van der Waals surface area contributed by atoms with Gasteiger partial charge >= 0.3 is 5.97 Å². The van der Waals surface area contributed by atoms with E-state index in [4.69, 9.17) is 9.84 Å². The molecule has 154 valence electrons. The van der Waals surface area contributed by atoms with Gasteiger partial charge in [0.15, 0.2) is 0 Å². The van der Waals surface area contributed by atoms with Crippen molar-refractivity contribution in [2.75, 3.05) is 0 Å². The summed E-state index contributed by atoms with van der Waals surface area (Å²) in [7, 11) is 0. The summed E-state index contributed by atoms with van der Waals surface area (Å²) in [5.41, 5.74) is 6.37. The second-order valence-corrected chi connectivity index (χ2v) is 11.3. The van der Waals surface area contributed by atoms with E-state index in [1.165, 1.54) is 24.1 Å². The largest absolute Gasteiger partial charge is 0.457 e. The molecule has 1 heterocycles. The number of rotatable bonds is 1. The van der Waals surface area contributed by atoms with E-state index in [0.717, 1.165) is 25.0 Å². The average molecular weight is 377 g/mol. The lowest BCUT2D eigenvalue weighted by Crippen LogP contribution is -2.44. The summed E-state index contributed by atoms with van der Waals surface area (Å²) in [5, 5.41) is 4.84. The zero-order valence-electron chi connectivity index (χ0n) is 19.0. The Morgan fingerprint density at radius 1 is 0.926 bits per heavy atom. The zero-order chi connectivity index (χ0) is 20.6. The highest BCUT2D eigenvalue weighted by Gasteiger charge is 2.42. The molecule has 0 aromatic rings.